The van der Waals surface area contributed by atoms with E-state index in [1.165, 1.54) is 6.08 Å². The van der Waals surface area contributed by atoms with Crippen LogP contribution >= 0.6 is 0 Å². The van der Waals surface area contributed by atoms with Crippen LogP contribution in [0, 0.1) is 28.6 Å². The smallest absolute Gasteiger partial charge is 0.313 e. The number of carbonyl (C=O) groups is 3. The van der Waals surface area contributed by atoms with Crippen LogP contribution in [-0.2, 0) is 19.1 Å². The topological polar surface area (TPSA) is 101 Å². The molecule has 0 bridgehead atoms. The SMILES string of the molecule is CC1(O)CC[C@H]2[C@@H]3CC(F)C4=CC(OC(=O)CC=O)C(C(=O)O)C[C@]4(C)[C@]3(F)CC[C@@]21C. The monoisotopic (exact) mass is 454 g/mol. The van der Waals surface area contributed by atoms with Gasteiger partial charge in [0, 0.05) is 11.3 Å². The Balaban J connectivity index is 1.75. The van der Waals surface area contributed by atoms with Crippen molar-refractivity contribution in [2.75, 3.05) is 0 Å². The number of halogens is 2. The van der Waals surface area contributed by atoms with Gasteiger partial charge in [0.25, 0.3) is 0 Å². The maximum Gasteiger partial charge on any atom is 0.313 e. The minimum absolute atomic E-state index is 0.0407. The van der Waals surface area contributed by atoms with E-state index in [0.717, 1.165) is 0 Å². The molecule has 6 nitrogen and oxygen atoms in total. The summed E-state index contributed by atoms with van der Waals surface area (Å²) in [6.07, 6.45) is -0.180. The average Bonchev–Trinajstić information content (AvgIpc) is 2.94. The minimum atomic E-state index is -1.82. The van der Waals surface area contributed by atoms with Gasteiger partial charge < -0.3 is 19.7 Å². The van der Waals surface area contributed by atoms with Gasteiger partial charge in [0.1, 0.15) is 30.7 Å². The Hall–Kier alpha value is -1.83. The van der Waals surface area contributed by atoms with E-state index in [1.54, 1.807) is 13.8 Å². The van der Waals surface area contributed by atoms with Crippen LogP contribution in [-0.4, -0.2) is 52.0 Å². The fourth-order valence-corrected chi connectivity index (χ4v) is 7.49. The molecule has 0 heterocycles. The number of rotatable bonds is 4. The molecule has 32 heavy (non-hydrogen) atoms. The first-order valence-electron chi connectivity index (χ1n) is 11.4. The van der Waals surface area contributed by atoms with Crippen molar-refractivity contribution in [2.45, 2.75) is 89.3 Å². The van der Waals surface area contributed by atoms with E-state index >= 15 is 8.78 Å². The van der Waals surface area contributed by atoms with E-state index in [9.17, 15) is 24.6 Å². The van der Waals surface area contributed by atoms with Crippen LogP contribution < -0.4 is 0 Å². The molecule has 4 rings (SSSR count). The molecule has 4 aliphatic rings. The predicted molar refractivity (Wildman–Crippen MR) is 110 cm³/mol. The average molecular weight is 455 g/mol. The van der Waals surface area contributed by atoms with E-state index in [-0.39, 0.29) is 30.8 Å². The van der Waals surface area contributed by atoms with Crippen molar-refractivity contribution >= 4 is 18.2 Å². The second-order valence-corrected chi connectivity index (χ2v) is 10.9. The van der Waals surface area contributed by atoms with Crippen molar-refractivity contribution in [2.24, 2.45) is 28.6 Å². The van der Waals surface area contributed by atoms with Gasteiger partial charge in [-0.15, -0.1) is 0 Å². The van der Waals surface area contributed by atoms with E-state index in [0.29, 0.717) is 25.5 Å². The van der Waals surface area contributed by atoms with Gasteiger partial charge in [-0.1, -0.05) is 13.8 Å². The third-order valence-corrected chi connectivity index (χ3v) is 9.63. The molecule has 3 saturated carbocycles. The molecule has 2 N–H and O–H groups in total. The molecule has 8 heteroatoms. The number of ether oxygens (including phenoxy) is 1. The number of esters is 1. The van der Waals surface area contributed by atoms with Gasteiger partial charge in [-0.05, 0) is 68.4 Å². The fourth-order valence-electron chi connectivity index (χ4n) is 7.49. The molecule has 0 saturated heterocycles. The first-order valence-corrected chi connectivity index (χ1v) is 11.4. The fraction of sp³-hybridized carbons (Fsp3) is 0.792. The Morgan fingerprint density at radius 2 is 1.91 bits per heavy atom. The summed E-state index contributed by atoms with van der Waals surface area (Å²) >= 11 is 0. The summed E-state index contributed by atoms with van der Waals surface area (Å²) in [7, 11) is 0. The van der Waals surface area contributed by atoms with E-state index in [4.69, 9.17) is 4.74 Å². The largest absolute Gasteiger partial charge is 0.481 e. The molecule has 178 valence electrons. The Morgan fingerprint density at radius 1 is 1.22 bits per heavy atom. The Bertz CT molecular complexity index is 871. The molecule has 0 aromatic carbocycles. The zero-order valence-corrected chi connectivity index (χ0v) is 18.8. The number of fused-ring (bicyclic) bond motifs is 5. The summed E-state index contributed by atoms with van der Waals surface area (Å²) in [5.74, 6) is -4.21. The normalized spacial score (nSPS) is 49.8. The van der Waals surface area contributed by atoms with Crippen molar-refractivity contribution in [1.82, 2.24) is 0 Å². The Morgan fingerprint density at radius 3 is 2.53 bits per heavy atom. The van der Waals surface area contributed by atoms with Crippen molar-refractivity contribution in [3.63, 3.8) is 0 Å². The van der Waals surface area contributed by atoms with Crippen LogP contribution in [0.1, 0.15) is 65.7 Å². The second-order valence-electron chi connectivity index (χ2n) is 10.9. The predicted octanol–water partition coefficient (Wildman–Crippen LogP) is 3.55. The van der Waals surface area contributed by atoms with Gasteiger partial charge in [-0.25, -0.2) is 8.78 Å². The van der Waals surface area contributed by atoms with Crippen molar-refractivity contribution in [1.29, 1.82) is 0 Å². The van der Waals surface area contributed by atoms with Crippen LogP contribution in [0.3, 0.4) is 0 Å². The highest BCUT2D eigenvalue weighted by atomic mass is 19.1. The maximum atomic E-state index is 17.1. The summed E-state index contributed by atoms with van der Waals surface area (Å²) in [6.45, 7) is 5.35. The highest BCUT2D eigenvalue weighted by Crippen LogP contribution is 2.70. The lowest BCUT2D eigenvalue weighted by Gasteiger charge is -2.63. The van der Waals surface area contributed by atoms with Crippen LogP contribution in [0.15, 0.2) is 11.6 Å². The van der Waals surface area contributed by atoms with Gasteiger partial charge in [-0.2, -0.15) is 0 Å². The first-order chi connectivity index (χ1) is 14.8. The van der Waals surface area contributed by atoms with Crippen molar-refractivity contribution in [3.05, 3.63) is 11.6 Å². The van der Waals surface area contributed by atoms with Gasteiger partial charge in [0.15, 0.2) is 0 Å². The van der Waals surface area contributed by atoms with Gasteiger partial charge in [0.05, 0.1) is 11.5 Å². The van der Waals surface area contributed by atoms with Crippen molar-refractivity contribution in [3.8, 4) is 0 Å². The molecular formula is C24H32F2O6. The zero-order chi connectivity index (χ0) is 23.7. The summed E-state index contributed by atoms with van der Waals surface area (Å²) in [5.41, 5.74) is -4.49. The number of hydrogen-bond donors (Lipinski definition) is 2. The number of aliphatic carboxylic acids is 1. The maximum absolute atomic E-state index is 17.1. The highest BCUT2D eigenvalue weighted by Gasteiger charge is 2.71. The number of carboxylic acids is 1. The van der Waals surface area contributed by atoms with Gasteiger partial charge in [0.2, 0.25) is 0 Å². The van der Waals surface area contributed by atoms with Crippen LogP contribution in [0.5, 0.6) is 0 Å². The molecule has 0 spiro atoms. The summed E-state index contributed by atoms with van der Waals surface area (Å²) < 4.78 is 37.9. The molecule has 3 fully saturated rings. The molecule has 4 unspecified atom stereocenters. The molecule has 0 aliphatic heterocycles. The van der Waals surface area contributed by atoms with Gasteiger partial charge in [-0.3, -0.25) is 9.59 Å². The van der Waals surface area contributed by atoms with Crippen LogP contribution in [0.2, 0.25) is 0 Å². The molecule has 0 radical (unpaired) electrons. The zero-order valence-electron chi connectivity index (χ0n) is 18.8. The number of alkyl halides is 2. The number of aliphatic hydroxyl groups is 1. The lowest BCUT2D eigenvalue weighted by Crippen LogP contribution is -2.65. The van der Waals surface area contributed by atoms with Gasteiger partial charge >= 0.3 is 11.9 Å². The van der Waals surface area contributed by atoms with E-state index in [2.05, 4.69) is 0 Å². The summed E-state index contributed by atoms with van der Waals surface area (Å²) in [6, 6.07) is 0. The summed E-state index contributed by atoms with van der Waals surface area (Å²) in [5, 5.41) is 20.8. The second kappa shape index (κ2) is 7.34. The van der Waals surface area contributed by atoms with E-state index in [1.807, 2.05) is 6.92 Å². The molecule has 0 aromatic heterocycles. The van der Waals surface area contributed by atoms with Crippen LogP contribution in [0.25, 0.3) is 0 Å². The molecule has 9 atom stereocenters. The molecule has 4 aliphatic carbocycles. The number of carbonyl (C=O) groups excluding carboxylic acids is 2. The molecular weight excluding hydrogens is 422 g/mol. The van der Waals surface area contributed by atoms with E-state index < -0.39 is 64.6 Å². The molecule has 0 amide bonds. The lowest BCUT2D eigenvalue weighted by atomic mass is 9.44. The third kappa shape index (κ3) is 3.01. The third-order valence-electron chi connectivity index (χ3n) is 9.63. The highest BCUT2D eigenvalue weighted by molar-refractivity contribution is 5.84. The number of hydrogen-bond acceptors (Lipinski definition) is 5. The Labute approximate surface area is 186 Å². The molecule has 0 aromatic rings. The first kappa shape index (κ1) is 23.3. The summed E-state index contributed by atoms with van der Waals surface area (Å²) in [4.78, 5) is 34.5. The lowest BCUT2D eigenvalue weighted by molar-refractivity contribution is -0.188. The number of allylic oxidation sites excluding steroid dienone is 1. The van der Waals surface area contributed by atoms with Crippen LogP contribution in [0.4, 0.5) is 8.78 Å². The number of aldehydes is 1. The number of carboxylic acid groups (broad SMARTS) is 1. The standard InChI is InChI=1S/C24H32F2O6/c1-21-7-8-24(26)15(14(21)4-6-23(21,3)31)10-17(25)16-11-18(32-19(28)5-9-27)13(20(29)30)12-22(16,24)2/h9,11,13-15,17-18,31H,4-8,10,12H2,1-3H3,(H,29,30)/t13?,14-,15-,17?,18?,21-,22-,23?,24-/m0/s1. The quantitative estimate of drug-likeness (QED) is 0.292. The Kier molecular flexibility index (Phi) is 5.35. The van der Waals surface area contributed by atoms with Crippen molar-refractivity contribution < 1.29 is 38.1 Å². The minimum Gasteiger partial charge on any atom is -0.481 e.